The third kappa shape index (κ3) is 17.0. The highest BCUT2D eigenvalue weighted by Gasteiger charge is 2.19. The summed E-state index contributed by atoms with van der Waals surface area (Å²) >= 11 is 2.26. The minimum absolute atomic E-state index is 0.0507. The topological polar surface area (TPSA) is 195 Å². The molecule has 0 radical (unpaired) electrons. The maximum Gasteiger partial charge on any atom is 0.344 e. The van der Waals surface area contributed by atoms with Crippen molar-refractivity contribution < 1.29 is 52.2 Å². The number of aliphatic carboxylic acids is 1. The fraction of sp³-hybridized carbons (Fsp3) is 0.432. The standard InChI is InChI=1S/C17H22N2O4.C14H19IO3.C13H14N2O4/c1-6-12-9-13(16-18-11(2)19-23-16)7-8-14(12)21-10-15(20)22-17(3,4)5;1-5-10-8-11(15)6-7-12(10)17-9-13(16)18-14(2,3)4;1-3-9-6-10(13-14-8(2)15-19-13)4-5-11(9)18-7-12(16)17/h7-9H,6,10H2,1-5H3;6-8H,5,9H2,1-4H3;4-6H,3,7H2,1-2H3,(H,16,17). The highest BCUT2D eigenvalue weighted by atomic mass is 127. The van der Waals surface area contributed by atoms with Crippen molar-refractivity contribution in [3.05, 3.63) is 86.5 Å². The second-order valence-electron chi connectivity index (χ2n) is 15.2. The first-order chi connectivity index (χ1) is 28.2. The van der Waals surface area contributed by atoms with E-state index >= 15 is 0 Å². The molecule has 0 spiro atoms. The fourth-order valence-corrected chi connectivity index (χ4v) is 5.76. The summed E-state index contributed by atoms with van der Waals surface area (Å²) in [6.07, 6.45) is 2.35. The predicted octanol–water partition coefficient (Wildman–Crippen LogP) is 8.97. The van der Waals surface area contributed by atoms with Crippen LogP contribution in [0.1, 0.15) is 90.7 Å². The Morgan fingerprint density at radius 2 is 0.967 bits per heavy atom. The molecule has 0 saturated heterocycles. The average molecular weight is 943 g/mol. The molecule has 1 N–H and O–H groups in total. The Hall–Kier alpha value is -5.52. The lowest BCUT2D eigenvalue weighted by atomic mass is 10.1. The summed E-state index contributed by atoms with van der Waals surface area (Å²) in [6.45, 7) is 20.0. The number of hydrogen-bond donors (Lipinski definition) is 1. The number of hydrogen-bond acceptors (Lipinski definition) is 14. The van der Waals surface area contributed by atoms with Crippen LogP contribution in [-0.2, 0) is 43.1 Å². The van der Waals surface area contributed by atoms with Crippen LogP contribution < -0.4 is 14.2 Å². The molecule has 0 amide bonds. The molecule has 60 heavy (non-hydrogen) atoms. The predicted molar refractivity (Wildman–Crippen MR) is 232 cm³/mol. The molecular formula is C44H55IN4O11. The van der Waals surface area contributed by atoms with Gasteiger partial charge in [-0.1, -0.05) is 31.1 Å². The minimum Gasteiger partial charge on any atom is -0.482 e. The van der Waals surface area contributed by atoms with Gasteiger partial charge in [-0.25, -0.2) is 14.4 Å². The lowest BCUT2D eigenvalue weighted by molar-refractivity contribution is -0.158. The van der Waals surface area contributed by atoms with Crippen molar-refractivity contribution in [1.82, 2.24) is 20.3 Å². The molecule has 0 bridgehead atoms. The zero-order chi connectivity index (χ0) is 44.6. The van der Waals surface area contributed by atoms with E-state index in [0.717, 1.165) is 56.4 Å². The lowest BCUT2D eigenvalue weighted by Crippen LogP contribution is -2.27. The van der Waals surface area contributed by atoms with Crippen molar-refractivity contribution in [2.75, 3.05) is 19.8 Å². The largest absolute Gasteiger partial charge is 0.482 e. The van der Waals surface area contributed by atoms with Gasteiger partial charge < -0.3 is 37.8 Å². The molecule has 2 aromatic heterocycles. The SMILES string of the molecule is CCc1cc(-c2nc(C)no2)ccc1OCC(=O)O.CCc1cc(-c2nc(C)no2)ccc1OCC(=O)OC(C)(C)C.CCc1cc(I)ccc1OCC(=O)OC(C)(C)C. The number of carbonyl (C=O) groups is 3. The van der Waals surface area contributed by atoms with Crippen molar-refractivity contribution in [1.29, 1.82) is 0 Å². The van der Waals surface area contributed by atoms with E-state index in [4.69, 9.17) is 37.8 Å². The third-order valence-electron chi connectivity index (χ3n) is 7.72. The summed E-state index contributed by atoms with van der Waals surface area (Å²) in [5.41, 5.74) is 3.59. The molecular weight excluding hydrogens is 887 g/mol. The van der Waals surface area contributed by atoms with E-state index in [1.165, 1.54) is 0 Å². The Morgan fingerprint density at radius 3 is 1.30 bits per heavy atom. The molecule has 2 heterocycles. The summed E-state index contributed by atoms with van der Waals surface area (Å²) in [5.74, 6) is 2.29. The number of carboxylic acid groups (broad SMARTS) is 1. The van der Waals surface area contributed by atoms with Crippen LogP contribution in [0, 0.1) is 17.4 Å². The van der Waals surface area contributed by atoms with Crippen LogP contribution in [0.15, 0.2) is 63.6 Å². The quantitative estimate of drug-likeness (QED) is 0.0818. The summed E-state index contributed by atoms with van der Waals surface area (Å²) in [5, 5.41) is 16.1. The highest BCUT2D eigenvalue weighted by molar-refractivity contribution is 14.1. The number of benzene rings is 3. The first-order valence-electron chi connectivity index (χ1n) is 19.4. The summed E-state index contributed by atoms with van der Waals surface area (Å²) in [6, 6.07) is 16.8. The maximum atomic E-state index is 11.7. The van der Waals surface area contributed by atoms with Gasteiger partial charge in [0.25, 0.3) is 11.8 Å². The van der Waals surface area contributed by atoms with E-state index in [2.05, 4.69) is 55.9 Å². The van der Waals surface area contributed by atoms with E-state index in [9.17, 15) is 14.4 Å². The zero-order valence-corrected chi connectivity index (χ0v) is 38.3. The number of aromatic nitrogens is 4. The monoisotopic (exact) mass is 942 g/mol. The van der Waals surface area contributed by atoms with Crippen LogP contribution >= 0.6 is 22.6 Å². The van der Waals surface area contributed by atoms with Crippen LogP contribution in [0.3, 0.4) is 0 Å². The van der Waals surface area contributed by atoms with Gasteiger partial charge in [0.2, 0.25) is 0 Å². The first-order valence-corrected chi connectivity index (χ1v) is 20.5. The van der Waals surface area contributed by atoms with Crippen molar-refractivity contribution in [2.24, 2.45) is 0 Å². The summed E-state index contributed by atoms with van der Waals surface area (Å²) in [7, 11) is 0. The molecule has 0 atom stereocenters. The van der Waals surface area contributed by atoms with Gasteiger partial charge in [-0.2, -0.15) is 9.97 Å². The Bertz CT molecular complexity index is 2180. The highest BCUT2D eigenvalue weighted by Crippen LogP contribution is 2.28. The van der Waals surface area contributed by atoms with E-state index in [-0.39, 0.29) is 25.8 Å². The van der Waals surface area contributed by atoms with Crippen molar-refractivity contribution in [3.8, 4) is 40.2 Å². The Balaban J connectivity index is 0.000000243. The second-order valence-corrected chi connectivity index (χ2v) is 16.4. The number of carbonyl (C=O) groups excluding carboxylic acids is 2. The smallest absolute Gasteiger partial charge is 0.344 e. The number of halogens is 1. The van der Waals surface area contributed by atoms with Gasteiger partial charge >= 0.3 is 17.9 Å². The van der Waals surface area contributed by atoms with Gasteiger partial charge in [0.15, 0.2) is 31.5 Å². The molecule has 324 valence electrons. The number of esters is 2. The molecule has 0 saturated carbocycles. The van der Waals surface area contributed by atoms with E-state index in [0.29, 0.717) is 34.9 Å². The van der Waals surface area contributed by atoms with Gasteiger partial charge in [0, 0.05) is 14.7 Å². The molecule has 0 aliphatic carbocycles. The molecule has 0 unspecified atom stereocenters. The Morgan fingerprint density at radius 1 is 0.600 bits per heavy atom. The molecule has 0 fully saturated rings. The van der Waals surface area contributed by atoms with E-state index < -0.39 is 23.1 Å². The second kappa shape index (κ2) is 22.7. The number of ether oxygens (including phenoxy) is 5. The number of aryl methyl sites for hydroxylation is 5. The van der Waals surface area contributed by atoms with Crippen LogP contribution in [0.5, 0.6) is 17.2 Å². The Labute approximate surface area is 364 Å². The summed E-state index contributed by atoms with van der Waals surface area (Å²) < 4.78 is 38.2. The van der Waals surface area contributed by atoms with Crippen molar-refractivity contribution in [3.63, 3.8) is 0 Å². The number of nitrogens with zero attached hydrogens (tertiary/aromatic N) is 4. The minimum atomic E-state index is -1.00. The molecule has 5 aromatic rings. The summed E-state index contributed by atoms with van der Waals surface area (Å²) in [4.78, 5) is 42.2. The molecule has 0 aliphatic rings. The van der Waals surface area contributed by atoms with Crippen LogP contribution in [0.25, 0.3) is 22.9 Å². The van der Waals surface area contributed by atoms with Gasteiger partial charge in [-0.05, 0) is 169 Å². The van der Waals surface area contributed by atoms with Gasteiger partial charge in [0.1, 0.15) is 28.5 Å². The molecule has 15 nitrogen and oxygen atoms in total. The first kappa shape index (κ1) is 48.8. The number of rotatable bonds is 14. The Kier molecular flexibility index (Phi) is 18.5. The van der Waals surface area contributed by atoms with E-state index in [1.54, 1.807) is 32.0 Å². The molecule has 0 aliphatic heterocycles. The molecule has 5 rings (SSSR count). The van der Waals surface area contributed by atoms with Crippen LogP contribution in [0.2, 0.25) is 0 Å². The van der Waals surface area contributed by atoms with Crippen molar-refractivity contribution in [2.45, 2.75) is 107 Å². The zero-order valence-electron chi connectivity index (χ0n) is 36.1. The van der Waals surface area contributed by atoms with Gasteiger partial charge in [0.05, 0.1) is 0 Å². The maximum absolute atomic E-state index is 11.7. The fourth-order valence-electron chi connectivity index (χ4n) is 5.21. The van der Waals surface area contributed by atoms with Crippen LogP contribution in [0.4, 0.5) is 0 Å². The average Bonchev–Trinajstić information content (AvgIpc) is 3.82. The number of carboxylic acids is 1. The molecule has 16 heteroatoms. The van der Waals surface area contributed by atoms with Gasteiger partial charge in [-0.3, -0.25) is 0 Å². The normalized spacial score (nSPS) is 11.0. The van der Waals surface area contributed by atoms with E-state index in [1.807, 2.05) is 85.7 Å². The third-order valence-corrected chi connectivity index (χ3v) is 8.39. The van der Waals surface area contributed by atoms with Crippen molar-refractivity contribution >= 4 is 40.5 Å². The van der Waals surface area contributed by atoms with Gasteiger partial charge in [-0.15, -0.1) is 0 Å². The van der Waals surface area contributed by atoms with Crippen LogP contribution in [-0.4, -0.2) is 74.3 Å². The molecule has 3 aromatic carbocycles. The lowest BCUT2D eigenvalue weighted by Gasteiger charge is -2.20.